The Morgan fingerprint density at radius 2 is 2.44 bits per heavy atom. The van der Waals surface area contributed by atoms with Crippen LogP contribution in [0, 0.1) is 0 Å². The third kappa shape index (κ3) is 2.89. The third-order valence-electron chi connectivity index (χ3n) is 2.37. The van der Waals surface area contributed by atoms with Gasteiger partial charge in [-0.1, -0.05) is 33.6 Å². The summed E-state index contributed by atoms with van der Waals surface area (Å²) in [5.74, 6) is 0.853. The highest BCUT2D eigenvalue weighted by atomic mass is 79.9. The van der Waals surface area contributed by atoms with E-state index in [4.69, 9.17) is 11.6 Å². The third-order valence-corrected chi connectivity index (χ3v) is 3.21. The second-order valence-corrected chi connectivity index (χ2v) is 5.15. The monoisotopic (exact) mass is 301 g/mol. The maximum Gasteiger partial charge on any atom is 0.191 e. The van der Waals surface area contributed by atoms with Crippen LogP contribution in [-0.4, -0.2) is 18.5 Å². The van der Waals surface area contributed by atoms with Crippen molar-refractivity contribution in [1.82, 2.24) is 10.6 Å². The first kappa shape index (κ1) is 11.7. The second kappa shape index (κ2) is 5.06. The summed E-state index contributed by atoms with van der Waals surface area (Å²) in [4.78, 5) is 4.32. The number of hydrogen-bond donors (Lipinski definition) is 2. The second-order valence-electron chi connectivity index (χ2n) is 3.82. The van der Waals surface area contributed by atoms with Crippen molar-refractivity contribution in [2.24, 2.45) is 4.99 Å². The summed E-state index contributed by atoms with van der Waals surface area (Å²) in [5.41, 5.74) is 1.06. The lowest BCUT2D eigenvalue weighted by Gasteiger charge is -2.10. The summed E-state index contributed by atoms with van der Waals surface area (Å²) in [6.45, 7) is 3.62. The van der Waals surface area contributed by atoms with E-state index in [1.807, 2.05) is 18.2 Å². The molecule has 0 amide bonds. The Balaban J connectivity index is 1.95. The number of halogens is 2. The molecule has 1 aliphatic rings. The van der Waals surface area contributed by atoms with E-state index in [0.717, 1.165) is 27.6 Å². The fourth-order valence-corrected chi connectivity index (χ4v) is 2.24. The molecule has 0 bridgehead atoms. The van der Waals surface area contributed by atoms with E-state index < -0.39 is 0 Å². The van der Waals surface area contributed by atoms with Crippen LogP contribution in [0.25, 0.3) is 0 Å². The van der Waals surface area contributed by atoms with Crippen molar-refractivity contribution in [3.63, 3.8) is 0 Å². The first-order valence-corrected chi connectivity index (χ1v) is 6.31. The van der Waals surface area contributed by atoms with Crippen LogP contribution in [0.1, 0.15) is 12.5 Å². The zero-order valence-electron chi connectivity index (χ0n) is 8.93. The lowest BCUT2D eigenvalue weighted by atomic mass is 10.2. The summed E-state index contributed by atoms with van der Waals surface area (Å²) in [6, 6.07) is 6.29. The molecule has 5 heteroatoms. The number of benzene rings is 1. The Labute approximate surface area is 108 Å². The highest BCUT2D eigenvalue weighted by molar-refractivity contribution is 9.10. The molecule has 3 nitrogen and oxygen atoms in total. The maximum absolute atomic E-state index is 6.11. The number of aliphatic imine (C=N–C) groups is 1. The van der Waals surface area contributed by atoms with Gasteiger partial charge in [0.15, 0.2) is 5.96 Å². The molecule has 1 unspecified atom stereocenters. The van der Waals surface area contributed by atoms with E-state index in [-0.39, 0.29) is 0 Å². The quantitative estimate of drug-likeness (QED) is 0.881. The topological polar surface area (TPSA) is 36.4 Å². The summed E-state index contributed by atoms with van der Waals surface area (Å²) in [5, 5.41) is 7.23. The number of guanidine groups is 1. The van der Waals surface area contributed by atoms with Gasteiger partial charge in [-0.05, 0) is 24.6 Å². The highest BCUT2D eigenvalue weighted by Crippen LogP contribution is 2.21. The lowest BCUT2D eigenvalue weighted by molar-refractivity contribution is 0.713. The van der Waals surface area contributed by atoms with Crippen LogP contribution in [0.2, 0.25) is 5.02 Å². The Hall–Kier alpha value is -0.740. The van der Waals surface area contributed by atoms with Crippen molar-refractivity contribution >= 4 is 33.5 Å². The molecule has 1 aliphatic heterocycles. The summed E-state index contributed by atoms with van der Waals surface area (Å²) >= 11 is 9.49. The van der Waals surface area contributed by atoms with E-state index >= 15 is 0 Å². The van der Waals surface area contributed by atoms with E-state index in [2.05, 4.69) is 38.5 Å². The minimum atomic E-state index is 0.419. The molecule has 1 aromatic rings. The normalized spacial score (nSPS) is 19.2. The van der Waals surface area contributed by atoms with E-state index in [9.17, 15) is 0 Å². The van der Waals surface area contributed by atoms with E-state index in [1.165, 1.54) is 0 Å². The average Bonchev–Trinajstić information content (AvgIpc) is 2.63. The Bertz CT molecular complexity index is 420. The van der Waals surface area contributed by atoms with Crippen molar-refractivity contribution in [2.75, 3.05) is 6.54 Å². The van der Waals surface area contributed by atoms with Crippen LogP contribution in [0.4, 0.5) is 0 Å². The van der Waals surface area contributed by atoms with Crippen LogP contribution >= 0.6 is 27.5 Å². The molecule has 0 aromatic heterocycles. The lowest BCUT2D eigenvalue weighted by Crippen LogP contribution is -2.37. The fourth-order valence-electron chi connectivity index (χ4n) is 1.50. The molecule has 1 atom stereocenters. The van der Waals surface area contributed by atoms with Gasteiger partial charge in [0, 0.05) is 22.1 Å². The van der Waals surface area contributed by atoms with Crippen LogP contribution in [-0.2, 0) is 6.54 Å². The molecule has 2 N–H and O–H groups in total. The van der Waals surface area contributed by atoms with Gasteiger partial charge >= 0.3 is 0 Å². The number of nitrogens with zero attached hydrogens (tertiary/aromatic N) is 1. The minimum absolute atomic E-state index is 0.419. The predicted octanol–water partition coefficient (Wildman–Crippen LogP) is 2.54. The predicted molar refractivity (Wildman–Crippen MR) is 70.9 cm³/mol. The van der Waals surface area contributed by atoms with E-state index in [1.54, 1.807) is 0 Å². The first-order valence-electron chi connectivity index (χ1n) is 5.14. The number of hydrogen-bond acceptors (Lipinski definition) is 3. The summed E-state index contributed by atoms with van der Waals surface area (Å²) in [6.07, 6.45) is 0. The Morgan fingerprint density at radius 3 is 3.06 bits per heavy atom. The highest BCUT2D eigenvalue weighted by Gasteiger charge is 2.11. The van der Waals surface area contributed by atoms with Gasteiger partial charge in [-0.3, -0.25) is 4.99 Å². The van der Waals surface area contributed by atoms with Crippen LogP contribution in [0.15, 0.2) is 27.7 Å². The van der Waals surface area contributed by atoms with Gasteiger partial charge in [0.1, 0.15) is 0 Å². The standard InChI is InChI=1S/C11H13BrClN3/c1-7-5-14-11(16-7)15-6-8-2-3-9(12)4-10(8)13/h2-4,7H,5-6H2,1H3,(H2,14,15,16). The molecule has 0 spiro atoms. The summed E-state index contributed by atoms with van der Waals surface area (Å²) in [7, 11) is 0. The van der Waals surface area contributed by atoms with Gasteiger partial charge in [0.25, 0.3) is 0 Å². The minimum Gasteiger partial charge on any atom is -0.352 e. The van der Waals surface area contributed by atoms with Gasteiger partial charge in [-0.2, -0.15) is 0 Å². The zero-order valence-corrected chi connectivity index (χ0v) is 11.3. The molecule has 0 fully saturated rings. The van der Waals surface area contributed by atoms with Crippen molar-refractivity contribution in [3.8, 4) is 0 Å². The van der Waals surface area contributed by atoms with Crippen LogP contribution in [0.5, 0.6) is 0 Å². The Morgan fingerprint density at radius 1 is 1.62 bits per heavy atom. The molecule has 86 valence electrons. The largest absolute Gasteiger partial charge is 0.352 e. The molecule has 16 heavy (non-hydrogen) atoms. The van der Waals surface area contributed by atoms with Crippen molar-refractivity contribution in [1.29, 1.82) is 0 Å². The number of rotatable bonds is 2. The molecule has 1 aromatic carbocycles. The molecule has 0 saturated heterocycles. The van der Waals surface area contributed by atoms with Gasteiger partial charge in [0.2, 0.25) is 0 Å². The van der Waals surface area contributed by atoms with Crippen LogP contribution in [0.3, 0.4) is 0 Å². The molecule has 1 heterocycles. The molecule has 0 saturated carbocycles. The molecular formula is C11H13BrClN3. The van der Waals surface area contributed by atoms with Gasteiger partial charge in [-0.25, -0.2) is 0 Å². The Kier molecular flexibility index (Phi) is 3.71. The molecule has 0 radical (unpaired) electrons. The van der Waals surface area contributed by atoms with E-state index in [0.29, 0.717) is 12.6 Å². The smallest absolute Gasteiger partial charge is 0.191 e. The van der Waals surface area contributed by atoms with Gasteiger partial charge in [-0.15, -0.1) is 0 Å². The molecule has 0 aliphatic carbocycles. The van der Waals surface area contributed by atoms with Crippen molar-refractivity contribution in [2.45, 2.75) is 19.5 Å². The van der Waals surface area contributed by atoms with Crippen molar-refractivity contribution < 1.29 is 0 Å². The molecule has 2 rings (SSSR count). The van der Waals surface area contributed by atoms with Gasteiger partial charge < -0.3 is 10.6 Å². The number of nitrogens with one attached hydrogen (secondary N) is 2. The maximum atomic E-state index is 6.11. The summed E-state index contributed by atoms with van der Waals surface area (Å²) < 4.78 is 0.992. The van der Waals surface area contributed by atoms with Crippen molar-refractivity contribution in [3.05, 3.63) is 33.3 Å². The average molecular weight is 303 g/mol. The van der Waals surface area contributed by atoms with Crippen LogP contribution < -0.4 is 10.6 Å². The van der Waals surface area contributed by atoms with Gasteiger partial charge in [0.05, 0.1) is 6.54 Å². The zero-order chi connectivity index (χ0) is 11.5. The molecular weight excluding hydrogens is 289 g/mol. The fraction of sp³-hybridized carbons (Fsp3) is 0.364. The SMILES string of the molecule is CC1CN=C(NCc2ccc(Br)cc2Cl)N1. The first-order chi connectivity index (χ1) is 7.65.